The van der Waals surface area contributed by atoms with Gasteiger partial charge in [0, 0.05) is 50.0 Å². The van der Waals surface area contributed by atoms with Crippen molar-refractivity contribution in [3.05, 3.63) is 88.7 Å². The van der Waals surface area contributed by atoms with Crippen LogP contribution in [0.3, 0.4) is 0 Å². The topological polar surface area (TPSA) is 94.2 Å². The molecule has 3 aromatic carbocycles. The molecule has 0 spiro atoms. The van der Waals surface area contributed by atoms with Gasteiger partial charge in [-0.2, -0.15) is 0 Å². The Morgan fingerprint density at radius 2 is 1.71 bits per heavy atom. The van der Waals surface area contributed by atoms with E-state index in [1.165, 1.54) is 24.1 Å². The first-order valence-electron chi connectivity index (χ1n) is 13.7. The quantitative estimate of drug-likeness (QED) is 0.363. The number of carbonyl (C=O) groups excluding carboxylic acids is 3. The normalized spacial score (nSPS) is 13.1. The summed E-state index contributed by atoms with van der Waals surface area (Å²) >= 11 is 6.44. The van der Waals surface area contributed by atoms with E-state index >= 15 is 0 Å². The molecular weight excluding hydrogens is 561 g/mol. The van der Waals surface area contributed by atoms with Crippen molar-refractivity contribution < 1.29 is 23.5 Å². The van der Waals surface area contributed by atoms with Gasteiger partial charge >= 0.3 is 6.03 Å². The number of nitrogens with one attached hydrogen (secondary N) is 2. The van der Waals surface area contributed by atoms with Crippen LogP contribution in [0.25, 0.3) is 0 Å². The summed E-state index contributed by atoms with van der Waals surface area (Å²) in [6.45, 7) is 6.05. The number of rotatable bonds is 9. The van der Waals surface area contributed by atoms with E-state index in [1.807, 2.05) is 19.9 Å². The number of benzene rings is 3. The average Bonchev–Trinajstić information content (AvgIpc) is 2.98. The van der Waals surface area contributed by atoms with Crippen molar-refractivity contribution in [3.63, 3.8) is 0 Å². The summed E-state index contributed by atoms with van der Waals surface area (Å²) in [6.07, 6.45) is 0. The molecule has 0 aliphatic carbocycles. The zero-order valence-corrected chi connectivity index (χ0v) is 24.7. The van der Waals surface area contributed by atoms with Crippen LogP contribution in [0.5, 0.6) is 5.75 Å². The largest absolute Gasteiger partial charge is 0.497 e. The van der Waals surface area contributed by atoms with Crippen LogP contribution in [0.2, 0.25) is 5.02 Å². The minimum absolute atomic E-state index is 0.0652. The molecule has 3 aromatic rings. The van der Waals surface area contributed by atoms with Crippen LogP contribution in [0.1, 0.15) is 29.8 Å². The Hall–Kier alpha value is -4.31. The Labute approximate surface area is 250 Å². The molecule has 1 aliphatic rings. The van der Waals surface area contributed by atoms with Crippen LogP contribution < -0.4 is 20.3 Å². The molecular formula is C31H35ClFN5O4. The van der Waals surface area contributed by atoms with Crippen molar-refractivity contribution in [1.82, 2.24) is 15.1 Å². The highest BCUT2D eigenvalue weighted by molar-refractivity contribution is 6.33. The minimum Gasteiger partial charge on any atom is -0.497 e. The third kappa shape index (κ3) is 8.13. The molecule has 4 amide bonds. The van der Waals surface area contributed by atoms with Crippen molar-refractivity contribution in [2.45, 2.75) is 26.4 Å². The smallest absolute Gasteiger partial charge is 0.317 e. The second kappa shape index (κ2) is 14.0. The first-order valence-corrected chi connectivity index (χ1v) is 14.1. The van der Waals surface area contributed by atoms with Crippen LogP contribution >= 0.6 is 11.6 Å². The van der Waals surface area contributed by atoms with Gasteiger partial charge in [-0.25, -0.2) is 9.18 Å². The molecule has 9 nitrogen and oxygen atoms in total. The van der Waals surface area contributed by atoms with E-state index in [9.17, 15) is 18.8 Å². The summed E-state index contributed by atoms with van der Waals surface area (Å²) in [6, 6.07) is 17.8. The molecule has 0 saturated carbocycles. The number of anilines is 2. The maximum atomic E-state index is 13.5. The number of carbonyl (C=O) groups is 3. The molecule has 1 fully saturated rings. The Kier molecular flexibility index (Phi) is 10.2. The Morgan fingerprint density at radius 3 is 2.38 bits per heavy atom. The first-order chi connectivity index (χ1) is 20.1. The highest BCUT2D eigenvalue weighted by Gasteiger charge is 2.23. The highest BCUT2D eigenvalue weighted by atomic mass is 35.5. The molecule has 0 unspecified atom stereocenters. The standard InChI is InChI=1S/C31H35ClFN5O4/c1-21(2)34-31(41)37-15-13-36(14-16-37)25-11-12-27(32)28(18-25)35-29(39)20-38(19-22-7-9-24(33)10-8-22)30(40)23-5-4-6-26(17-23)42-3/h4-12,17-18,21H,13-16,19-20H2,1-3H3,(H,34,41)(H,35,39). The van der Waals surface area contributed by atoms with Gasteiger partial charge in [0.2, 0.25) is 5.91 Å². The van der Waals surface area contributed by atoms with E-state index in [0.717, 1.165) is 5.69 Å². The fourth-order valence-electron chi connectivity index (χ4n) is 4.62. The van der Waals surface area contributed by atoms with E-state index in [0.29, 0.717) is 53.8 Å². The second-order valence-corrected chi connectivity index (χ2v) is 10.7. The number of methoxy groups -OCH3 is 1. The third-order valence-corrected chi connectivity index (χ3v) is 7.12. The molecule has 1 saturated heterocycles. The predicted octanol–water partition coefficient (Wildman–Crippen LogP) is 5.01. The number of hydrogen-bond donors (Lipinski definition) is 2. The predicted molar refractivity (Wildman–Crippen MR) is 162 cm³/mol. The van der Waals surface area contributed by atoms with Gasteiger partial charge in [0.1, 0.15) is 18.1 Å². The number of halogens is 2. The Balaban J connectivity index is 1.46. The van der Waals surface area contributed by atoms with Crippen molar-refractivity contribution in [1.29, 1.82) is 0 Å². The molecule has 0 atom stereocenters. The van der Waals surface area contributed by atoms with E-state index in [4.69, 9.17) is 16.3 Å². The molecule has 4 rings (SSSR count). The Bertz CT molecular complexity index is 1410. The molecule has 222 valence electrons. The van der Waals surface area contributed by atoms with Gasteiger partial charge in [0.05, 0.1) is 17.8 Å². The molecule has 0 radical (unpaired) electrons. The lowest BCUT2D eigenvalue weighted by molar-refractivity contribution is -0.117. The summed E-state index contributed by atoms with van der Waals surface area (Å²) in [5.41, 5.74) is 2.29. The average molecular weight is 596 g/mol. The lowest BCUT2D eigenvalue weighted by Crippen LogP contribution is -2.52. The number of hydrogen-bond acceptors (Lipinski definition) is 5. The van der Waals surface area contributed by atoms with Crippen LogP contribution in [0, 0.1) is 5.82 Å². The van der Waals surface area contributed by atoms with Crippen molar-refractivity contribution in [2.24, 2.45) is 0 Å². The zero-order chi connectivity index (χ0) is 30.2. The number of ether oxygens (including phenoxy) is 1. The molecule has 1 heterocycles. The number of amides is 4. The van der Waals surface area contributed by atoms with Crippen LogP contribution in [-0.2, 0) is 11.3 Å². The minimum atomic E-state index is -0.442. The zero-order valence-electron chi connectivity index (χ0n) is 23.9. The molecule has 0 aromatic heterocycles. The summed E-state index contributed by atoms with van der Waals surface area (Å²) in [5.74, 6) is -0.705. The lowest BCUT2D eigenvalue weighted by Gasteiger charge is -2.36. The summed E-state index contributed by atoms with van der Waals surface area (Å²) in [7, 11) is 1.51. The van der Waals surface area contributed by atoms with E-state index in [1.54, 1.807) is 53.4 Å². The highest BCUT2D eigenvalue weighted by Crippen LogP contribution is 2.28. The SMILES string of the molecule is COc1cccc(C(=O)N(CC(=O)Nc2cc(N3CCN(C(=O)NC(C)C)CC3)ccc2Cl)Cc2ccc(F)cc2)c1. The van der Waals surface area contributed by atoms with Crippen molar-refractivity contribution in [3.8, 4) is 5.75 Å². The van der Waals surface area contributed by atoms with Gasteiger partial charge in [0.25, 0.3) is 5.91 Å². The van der Waals surface area contributed by atoms with E-state index in [2.05, 4.69) is 15.5 Å². The van der Waals surface area contributed by atoms with Gasteiger partial charge in [-0.1, -0.05) is 29.8 Å². The lowest BCUT2D eigenvalue weighted by atomic mass is 10.1. The Morgan fingerprint density at radius 1 is 1.00 bits per heavy atom. The fraction of sp³-hybridized carbons (Fsp3) is 0.323. The molecule has 2 N–H and O–H groups in total. The third-order valence-electron chi connectivity index (χ3n) is 6.79. The van der Waals surface area contributed by atoms with Crippen molar-refractivity contribution in [2.75, 3.05) is 50.1 Å². The maximum Gasteiger partial charge on any atom is 0.317 e. The van der Waals surface area contributed by atoms with Gasteiger partial charge < -0.3 is 30.1 Å². The number of urea groups is 1. The van der Waals surface area contributed by atoms with E-state index in [-0.39, 0.29) is 31.1 Å². The van der Waals surface area contributed by atoms with Crippen LogP contribution in [-0.4, -0.2) is 73.5 Å². The molecule has 1 aliphatic heterocycles. The van der Waals surface area contributed by atoms with Gasteiger partial charge in [-0.05, 0) is 67.9 Å². The van der Waals surface area contributed by atoms with Crippen LogP contribution in [0.15, 0.2) is 66.7 Å². The summed E-state index contributed by atoms with van der Waals surface area (Å²) in [4.78, 5) is 44.4. The maximum absolute atomic E-state index is 13.5. The second-order valence-electron chi connectivity index (χ2n) is 10.3. The first kappa shape index (κ1) is 30.6. The summed E-state index contributed by atoms with van der Waals surface area (Å²) < 4.78 is 18.7. The summed E-state index contributed by atoms with van der Waals surface area (Å²) in [5, 5.41) is 6.11. The van der Waals surface area contributed by atoms with Crippen LogP contribution in [0.4, 0.5) is 20.6 Å². The number of nitrogens with zero attached hydrogens (tertiary/aromatic N) is 3. The number of piperazine rings is 1. The fourth-order valence-corrected chi connectivity index (χ4v) is 4.79. The molecule has 42 heavy (non-hydrogen) atoms. The monoisotopic (exact) mass is 595 g/mol. The molecule has 0 bridgehead atoms. The molecule has 11 heteroatoms. The van der Waals surface area contributed by atoms with Gasteiger partial charge in [0.15, 0.2) is 0 Å². The van der Waals surface area contributed by atoms with Gasteiger partial charge in [-0.15, -0.1) is 0 Å². The van der Waals surface area contributed by atoms with Crippen molar-refractivity contribution >= 4 is 40.8 Å². The van der Waals surface area contributed by atoms with E-state index < -0.39 is 11.7 Å². The van der Waals surface area contributed by atoms with Gasteiger partial charge in [-0.3, -0.25) is 9.59 Å².